The average molecular weight is 279 g/mol. The number of carboxylic acid groups (broad SMARTS) is 1. The van der Waals surface area contributed by atoms with Gasteiger partial charge >= 0.3 is 5.97 Å². The molecule has 1 aromatic heterocycles. The molecule has 7 heteroatoms. The van der Waals surface area contributed by atoms with E-state index in [4.69, 9.17) is 4.74 Å². The van der Waals surface area contributed by atoms with Crippen molar-refractivity contribution in [2.45, 2.75) is 32.9 Å². The van der Waals surface area contributed by atoms with Gasteiger partial charge in [0.05, 0.1) is 18.8 Å². The second-order valence-electron chi connectivity index (χ2n) is 5.46. The van der Waals surface area contributed by atoms with E-state index >= 15 is 0 Å². The molecule has 0 aromatic carbocycles. The summed E-state index contributed by atoms with van der Waals surface area (Å²) >= 11 is 0. The van der Waals surface area contributed by atoms with Gasteiger partial charge in [-0.1, -0.05) is 6.92 Å². The Morgan fingerprint density at radius 1 is 1.65 bits per heavy atom. The fourth-order valence-corrected chi connectivity index (χ4v) is 2.67. The van der Waals surface area contributed by atoms with Crippen LogP contribution in [0.2, 0.25) is 0 Å². The number of amides is 1. The third-order valence-electron chi connectivity index (χ3n) is 4.08. The molecule has 108 valence electrons. The van der Waals surface area contributed by atoms with E-state index in [0.29, 0.717) is 24.6 Å². The summed E-state index contributed by atoms with van der Waals surface area (Å²) in [5, 5.41) is 16.2. The van der Waals surface area contributed by atoms with Gasteiger partial charge in [0.1, 0.15) is 5.41 Å². The van der Waals surface area contributed by atoms with Gasteiger partial charge in [0.2, 0.25) is 11.8 Å². The lowest BCUT2D eigenvalue weighted by Crippen LogP contribution is -2.38. The smallest absolute Gasteiger partial charge is 0.319 e. The Kier molecular flexibility index (Phi) is 2.92. The maximum atomic E-state index is 12.0. The van der Waals surface area contributed by atoms with Crippen LogP contribution in [0.15, 0.2) is 6.07 Å². The van der Waals surface area contributed by atoms with Crippen LogP contribution in [0.5, 0.6) is 5.88 Å². The first kappa shape index (κ1) is 13.0. The van der Waals surface area contributed by atoms with Crippen molar-refractivity contribution in [2.24, 2.45) is 11.3 Å². The number of rotatable bonds is 4. The molecule has 0 bridgehead atoms. The molecule has 1 aromatic rings. The Morgan fingerprint density at radius 3 is 3.00 bits per heavy atom. The van der Waals surface area contributed by atoms with Gasteiger partial charge in [0.15, 0.2) is 0 Å². The minimum absolute atomic E-state index is 0.112. The summed E-state index contributed by atoms with van der Waals surface area (Å²) in [6, 6.07) is 1.78. The predicted molar refractivity (Wildman–Crippen MR) is 68.0 cm³/mol. The number of ether oxygens (including phenoxy) is 1. The maximum Gasteiger partial charge on any atom is 0.319 e. The third kappa shape index (κ3) is 1.93. The van der Waals surface area contributed by atoms with Gasteiger partial charge in [0.25, 0.3) is 0 Å². The van der Waals surface area contributed by atoms with E-state index in [1.54, 1.807) is 17.7 Å². The topological polar surface area (TPSA) is 93.4 Å². The summed E-state index contributed by atoms with van der Waals surface area (Å²) < 4.78 is 7.20. The van der Waals surface area contributed by atoms with E-state index in [-0.39, 0.29) is 12.5 Å². The molecule has 1 saturated carbocycles. The zero-order valence-electron chi connectivity index (χ0n) is 11.3. The van der Waals surface area contributed by atoms with Crippen molar-refractivity contribution >= 4 is 11.9 Å². The molecule has 3 rings (SSSR count). The third-order valence-corrected chi connectivity index (χ3v) is 4.08. The van der Waals surface area contributed by atoms with Gasteiger partial charge in [-0.15, -0.1) is 0 Å². The van der Waals surface area contributed by atoms with E-state index in [1.165, 1.54) is 0 Å². The zero-order chi connectivity index (χ0) is 14.3. The number of carbonyl (C=O) groups is 2. The second-order valence-corrected chi connectivity index (χ2v) is 5.46. The molecule has 1 fully saturated rings. The lowest BCUT2D eigenvalue weighted by molar-refractivity contribution is -0.149. The molecule has 1 aliphatic carbocycles. The van der Waals surface area contributed by atoms with E-state index in [1.807, 2.05) is 0 Å². The first-order valence-corrected chi connectivity index (χ1v) is 6.75. The fourth-order valence-electron chi connectivity index (χ4n) is 2.67. The van der Waals surface area contributed by atoms with Crippen molar-refractivity contribution < 1.29 is 19.4 Å². The van der Waals surface area contributed by atoms with Crippen LogP contribution in [0.1, 0.15) is 25.5 Å². The van der Waals surface area contributed by atoms with Crippen LogP contribution < -0.4 is 10.1 Å². The van der Waals surface area contributed by atoms with Crippen LogP contribution in [0, 0.1) is 11.3 Å². The number of nitrogens with zero attached hydrogens (tertiary/aromatic N) is 2. The summed E-state index contributed by atoms with van der Waals surface area (Å²) in [6.07, 6.45) is 1.32. The quantitative estimate of drug-likeness (QED) is 0.778. The Hall–Kier alpha value is -2.05. The fraction of sp³-hybridized carbons (Fsp3) is 0.615. The summed E-state index contributed by atoms with van der Waals surface area (Å²) in [7, 11) is 0. The van der Waals surface area contributed by atoms with E-state index in [2.05, 4.69) is 10.4 Å². The maximum absolute atomic E-state index is 12.0. The van der Waals surface area contributed by atoms with Crippen LogP contribution in [0.25, 0.3) is 0 Å². The van der Waals surface area contributed by atoms with E-state index in [9.17, 15) is 14.7 Å². The molecule has 2 atom stereocenters. The first-order valence-electron chi connectivity index (χ1n) is 6.75. The van der Waals surface area contributed by atoms with Gasteiger partial charge in [-0.2, -0.15) is 5.10 Å². The van der Waals surface area contributed by atoms with Crippen LogP contribution in [0.3, 0.4) is 0 Å². The van der Waals surface area contributed by atoms with Gasteiger partial charge in [-0.05, 0) is 12.3 Å². The monoisotopic (exact) mass is 279 g/mol. The molecule has 2 aliphatic rings. The summed E-state index contributed by atoms with van der Waals surface area (Å²) in [4.78, 5) is 23.2. The molecular formula is C13H17N3O4. The van der Waals surface area contributed by atoms with Crippen molar-refractivity contribution in [1.82, 2.24) is 15.1 Å². The lowest BCUT2D eigenvalue weighted by Gasteiger charge is -2.13. The number of aliphatic carboxylic acids is 1. The van der Waals surface area contributed by atoms with Crippen LogP contribution in [-0.4, -0.2) is 33.4 Å². The number of carbonyl (C=O) groups excluding carboxylic acids is 1. The normalized spacial score (nSPS) is 27.4. The van der Waals surface area contributed by atoms with Crippen LogP contribution >= 0.6 is 0 Å². The van der Waals surface area contributed by atoms with Crippen LogP contribution in [0.4, 0.5) is 0 Å². The molecule has 0 spiro atoms. The Bertz CT molecular complexity index is 544. The van der Waals surface area contributed by atoms with Crippen molar-refractivity contribution in [3.63, 3.8) is 0 Å². The summed E-state index contributed by atoms with van der Waals surface area (Å²) in [6.45, 7) is 3.48. The van der Waals surface area contributed by atoms with Crippen molar-refractivity contribution in [3.05, 3.63) is 11.8 Å². The number of hydrogen-bond acceptors (Lipinski definition) is 4. The molecular weight excluding hydrogens is 262 g/mol. The number of aryl methyl sites for hydroxylation is 1. The highest BCUT2D eigenvalue weighted by Gasteiger charge is 2.63. The van der Waals surface area contributed by atoms with Gasteiger partial charge < -0.3 is 15.2 Å². The molecule has 1 amide bonds. The SMILES string of the molecule is CC1CC1(C(=O)O)C(=O)NCc1cc2n(n1)CCCO2. The molecule has 20 heavy (non-hydrogen) atoms. The highest BCUT2D eigenvalue weighted by Crippen LogP contribution is 2.52. The number of hydrogen-bond donors (Lipinski definition) is 2. The standard InChI is InChI=1S/C13H17N3O4/c1-8-6-13(8,12(18)19)11(17)14-7-9-5-10-16(15-9)3-2-4-20-10/h5,8H,2-4,6-7H2,1H3,(H,14,17)(H,18,19). The van der Waals surface area contributed by atoms with Crippen molar-refractivity contribution in [2.75, 3.05) is 6.61 Å². The van der Waals surface area contributed by atoms with Gasteiger partial charge in [-0.25, -0.2) is 4.68 Å². The number of nitrogens with one attached hydrogen (secondary N) is 1. The minimum atomic E-state index is -1.24. The van der Waals surface area contributed by atoms with Crippen molar-refractivity contribution in [3.8, 4) is 5.88 Å². The zero-order valence-corrected chi connectivity index (χ0v) is 11.3. The Balaban J connectivity index is 1.64. The largest absolute Gasteiger partial charge is 0.480 e. The number of aromatic nitrogens is 2. The van der Waals surface area contributed by atoms with Crippen LogP contribution in [-0.2, 0) is 22.7 Å². The van der Waals surface area contributed by atoms with Gasteiger partial charge in [0, 0.05) is 19.0 Å². The Morgan fingerprint density at radius 2 is 2.40 bits per heavy atom. The molecule has 2 N–H and O–H groups in total. The van der Waals surface area contributed by atoms with E-state index in [0.717, 1.165) is 13.0 Å². The molecule has 0 saturated heterocycles. The van der Waals surface area contributed by atoms with Gasteiger partial charge in [-0.3, -0.25) is 9.59 Å². The highest BCUT2D eigenvalue weighted by molar-refractivity contribution is 6.05. The summed E-state index contributed by atoms with van der Waals surface area (Å²) in [5.41, 5.74) is -0.556. The van der Waals surface area contributed by atoms with E-state index < -0.39 is 17.3 Å². The van der Waals surface area contributed by atoms with Crippen molar-refractivity contribution in [1.29, 1.82) is 0 Å². The second kappa shape index (κ2) is 4.50. The summed E-state index contributed by atoms with van der Waals surface area (Å²) in [5.74, 6) is -0.883. The molecule has 2 unspecified atom stereocenters. The predicted octanol–water partition coefficient (Wildman–Crippen LogP) is 0.393. The highest BCUT2D eigenvalue weighted by atomic mass is 16.5. The average Bonchev–Trinajstić information content (AvgIpc) is 2.95. The molecule has 1 aliphatic heterocycles. The first-order chi connectivity index (χ1) is 9.54. The number of fused-ring (bicyclic) bond motifs is 1. The lowest BCUT2D eigenvalue weighted by atomic mass is 10.0. The minimum Gasteiger partial charge on any atom is -0.480 e. The molecule has 0 radical (unpaired) electrons. The molecule has 7 nitrogen and oxygen atoms in total. The molecule has 2 heterocycles. The number of carboxylic acids is 1. The Labute approximate surface area is 115 Å².